The maximum Gasteiger partial charge on any atom is 0.335 e. The molecule has 182 valence electrons. The predicted octanol–water partition coefficient (Wildman–Crippen LogP) is 1.79. The number of carbonyl (C=O) groups is 4. The molecule has 2 amide bonds. The maximum atomic E-state index is 12.9. The Bertz CT molecular complexity index is 1090. The fourth-order valence-electron chi connectivity index (χ4n) is 5.29. The molecule has 3 heterocycles. The fourth-order valence-corrected chi connectivity index (χ4v) is 6.95. The van der Waals surface area contributed by atoms with Gasteiger partial charge in [-0.15, -0.1) is 11.8 Å². The molecular formula is C24H29N3O6S. The van der Waals surface area contributed by atoms with Gasteiger partial charge < -0.3 is 20.4 Å². The van der Waals surface area contributed by atoms with E-state index in [4.69, 9.17) is 5.11 Å². The third kappa shape index (κ3) is 4.14. The number of rotatable bonds is 7. The average Bonchev–Trinajstić information content (AvgIpc) is 3.24. The fraction of sp³-hybridized carbons (Fsp3) is 0.500. The number of carbonyl (C=O) groups excluding carboxylic acids is 3. The molecule has 1 aromatic rings. The van der Waals surface area contributed by atoms with Crippen molar-refractivity contribution in [3.05, 3.63) is 40.4 Å². The van der Waals surface area contributed by atoms with Gasteiger partial charge in [0.05, 0.1) is 35.4 Å². The summed E-state index contributed by atoms with van der Waals surface area (Å²) in [6.07, 6.45) is -0.232. The largest absolute Gasteiger partial charge is 0.478 e. The van der Waals surface area contributed by atoms with E-state index < -0.39 is 24.0 Å². The average molecular weight is 488 g/mol. The summed E-state index contributed by atoms with van der Waals surface area (Å²) in [6.45, 7) is 5.66. The summed E-state index contributed by atoms with van der Waals surface area (Å²) < 4.78 is 0. The van der Waals surface area contributed by atoms with E-state index in [-0.39, 0.29) is 40.4 Å². The van der Waals surface area contributed by atoms with Gasteiger partial charge in [0.2, 0.25) is 11.8 Å². The number of aromatic carboxylic acids is 1. The third-order valence-electron chi connectivity index (χ3n) is 6.93. The summed E-state index contributed by atoms with van der Waals surface area (Å²) >= 11 is 1.54. The molecular weight excluding hydrogens is 458 g/mol. The van der Waals surface area contributed by atoms with Gasteiger partial charge in [0, 0.05) is 35.2 Å². The molecule has 0 radical (unpaired) electrons. The van der Waals surface area contributed by atoms with Gasteiger partial charge in [0.25, 0.3) is 0 Å². The molecule has 2 fully saturated rings. The zero-order valence-electron chi connectivity index (χ0n) is 19.5. The second kappa shape index (κ2) is 9.16. The van der Waals surface area contributed by atoms with Crippen LogP contribution in [-0.4, -0.2) is 80.6 Å². The van der Waals surface area contributed by atoms with Crippen molar-refractivity contribution in [1.29, 1.82) is 0 Å². The number of likely N-dealkylation sites (N-methyl/N-ethyl adjacent to an activating group) is 1. The van der Waals surface area contributed by atoms with Crippen molar-refractivity contribution >= 4 is 41.0 Å². The first-order valence-electron chi connectivity index (χ1n) is 11.3. The van der Waals surface area contributed by atoms with Gasteiger partial charge in [-0.2, -0.15) is 0 Å². The number of carboxylic acids is 1. The monoisotopic (exact) mass is 487 g/mol. The minimum atomic E-state index is -1.06. The standard InChI is InChI=1S/C24H29N3O6S/c1-11-19-18(12(2)28)23(31)27(19)20(13(3)29)21(11)34-16-9-17(26(4)10-16)22(30)25-15-7-5-6-14(8-15)24(32)33/h5-8,11-12,16-19,28H,9-10H2,1-4H3,(H,25,30)(H,32,33)/t11-,12-,16+,17+,18-,19-/m1/s1. The lowest BCUT2D eigenvalue weighted by Gasteiger charge is -2.46. The second-order valence-corrected chi connectivity index (χ2v) is 10.7. The number of β-lactam (4-membered cyclic amide) rings is 1. The molecule has 0 spiro atoms. The Morgan fingerprint density at radius 1 is 1.26 bits per heavy atom. The van der Waals surface area contributed by atoms with E-state index >= 15 is 0 Å². The number of hydrogen-bond acceptors (Lipinski definition) is 7. The molecule has 6 atom stereocenters. The molecule has 34 heavy (non-hydrogen) atoms. The highest BCUT2D eigenvalue weighted by Gasteiger charge is 2.59. The van der Waals surface area contributed by atoms with E-state index in [1.165, 1.54) is 19.1 Å². The van der Waals surface area contributed by atoms with Crippen LogP contribution in [-0.2, 0) is 14.4 Å². The predicted molar refractivity (Wildman–Crippen MR) is 127 cm³/mol. The van der Waals surface area contributed by atoms with Gasteiger partial charge in [0.1, 0.15) is 0 Å². The third-order valence-corrected chi connectivity index (χ3v) is 8.42. The zero-order valence-corrected chi connectivity index (χ0v) is 20.3. The van der Waals surface area contributed by atoms with Gasteiger partial charge in [0.15, 0.2) is 5.78 Å². The van der Waals surface area contributed by atoms with Crippen molar-refractivity contribution in [2.24, 2.45) is 11.8 Å². The minimum absolute atomic E-state index is 0.0386. The van der Waals surface area contributed by atoms with Crippen LogP contribution in [0, 0.1) is 11.8 Å². The van der Waals surface area contributed by atoms with E-state index in [9.17, 15) is 24.3 Å². The number of hydrogen-bond donors (Lipinski definition) is 3. The molecule has 0 bridgehead atoms. The zero-order chi connectivity index (χ0) is 24.9. The number of aliphatic hydroxyl groups is 1. The minimum Gasteiger partial charge on any atom is -0.478 e. The van der Waals surface area contributed by atoms with Crippen molar-refractivity contribution in [2.45, 2.75) is 50.6 Å². The summed E-state index contributed by atoms with van der Waals surface area (Å²) in [6, 6.07) is 5.49. The van der Waals surface area contributed by atoms with Crippen molar-refractivity contribution in [3.8, 4) is 0 Å². The van der Waals surface area contributed by atoms with Gasteiger partial charge in [-0.3, -0.25) is 19.3 Å². The number of fused-ring (bicyclic) bond motifs is 1. The molecule has 3 aliphatic rings. The van der Waals surface area contributed by atoms with E-state index in [0.29, 0.717) is 24.4 Å². The van der Waals surface area contributed by atoms with E-state index in [1.807, 2.05) is 18.9 Å². The number of Topliss-reactive ketones (excluding diaryl/α,β-unsaturated/α-hetero) is 1. The molecule has 4 rings (SSSR count). The highest BCUT2D eigenvalue weighted by atomic mass is 32.2. The lowest BCUT2D eigenvalue weighted by Crippen LogP contribution is -2.63. The SMILES string of the molecule is CC(=O)C1=C(S[C@H]2C[C@@H](C(=O)Nc3cccc(C(=O)O)c3)N(C)C2)[C@H](C)[C@@H]2[C@@H]([C@@H](C)O)C(=O)N12. The number of aliphatic hydroxyl groups excluding tert-OH is 1. The summed E-state index contributed by atoms with van der Waals surface area (Å²) in [4.78, 5) is 53.6. The number of nitrogens with one attached hydrogen (secondary N) is 1. The van der Waals surface area contributed by atoms with Crippen LogP contribution >= 0.6 is 11.8 Å². The van der Waals surface area contributed by atoms with Crippen LogP contribution in [0.5, 0.6) is 0 Å². The van der Waals surface area contributed by atoms with Gasteiger partial charge in [-0.1, -0.05) is 13.0 Å². The number of likely N-dealkylation sites (tertiary alicyclic amines) is 1. The number of amides is 2. The first-order valence-corrected chi connectivity index (χ1v) is 12.2. The van der Waals surface area contributed by atoms with Crippen molar-refractivity contribution in [3.63, 3.8) is 0 Å². The first-order chi connectivity index (χ1) is 16.0. The Morgan fingerprint density at radius 2 is 1.97 bits per heavy atom. The summed E-state index contributed by atoms with van der Waals surface area (Å²) in [5, 5.41) is 22.1. The number of nitrogens with zero attached hydrogens (tertiary/aromatic N) is 2. The Labute approximate surface area is 202 Å². The number of benzene rings is 1. The lowest BCUT2D eigenvalue weighted by molar-refractivity contribution is -0.160. The number of allylic oxidation sites excluding steroid dienone is 1. The molecule has 2 saturated heterocycles. The molecule has 1 aromatic carbocycles. The van der Waals surface area contributed by atoms with Crippen LogP contribution in [0.15, 0.2) is 34.9 Å². The molecule has 10 heteroatoms. The summed E-state index contributed by atoms with van der Waals surface area (Å²) in [5.41, 5.74) is 0.942. The highest BCUT2D eigenvalue weighted by molar-refractivity contribution is 8.03. The Morgan fingerprint density at radius 3 is 2.59 bits per heavy atom. The Kier molecular flexibility index (Phi) is 6.58. The maximum absolute atomic E-state index is 12.9. The second-order valence-electron chi connectivity index (χ2n) is 9.33. The van der Waals surface area contributed by atoms with E-state index in [2.05, 4.69) is 5.32 Å². The van der Waals surface area contributed by atoms with Crippen LogP contribution in [0.2, 0.25) is 0 Å². The quantitative estimate of drug-likeness (QED) is 0.497. The van der Waals surface area contributed by atoms with E-state index in [1.54, 1.807) is 35.7 Å². The van der Waals surface area contributed by atoms with Crippen molar-refractivity contribution in [1.82, 2.24) is 9.80 Å². The number of thioether (sulfide) groups is 1. The topological polar surface area (TPSA) is 127 Å². The Balaban J connectivity index is 1.47. The van der Waals surface area contributed by atoms with Gasteiger partial charge >= 0.3 is 5.97 Å². The van der Waals surface area contributed by atoms with Crippen LogP contribution in [0.25, 0.3) is 0 Å². The molecule has 0 unspecified atom stereocenters. The van der Waals surface area contributed by atoms with E-state index in [0.717, 1.165) is 4.91 Å². The van der Waals surface area contributed by atoms with Gasteiger partial charge in [-0.05, 0) is 38.6 Å². The molecule has 0 aromatic heterocycles. The highest BCUT2D eigenvalue weighted by Crippen LogP contribution is 2.52. The molecule has 3 N–H and O–H groups in total. The molecule has 0 saturated carbocycles. The van der Waals surface area contributed by atoms with Crippen molar-refractivity contribution < 1.29 is 29.4 Å². The number of ketones is 1. The van der Waals surface area contributed by atoms with Crippen LogP contribution in [0.4, 0.5) is 5.69 Å². The van der Waals surface area contributed by atoms with Crippen LogP contribution in [0.3, 0.4) is 0 Å². The molecule has 0 aliphatic carbocycles. The summed E-state index contributed by atoms with van der Waals surface area (Å²) in [7, 11) is 1.86. The van der Waals surface area contributed by atoms with Gasteiger partial charge in [-0.25, -0.2) is 4.79 Å². The van der Waals surface area contributed by atoms with Crippen LogP contribution < -0.4 is 5.32 Å². The summed E-state index contributed by atoms with van der Waals surface area (Å²) in [5.74, 6) is -2.24. The molecule has 3 aliphatic heterocycles. The number of carboxylic acid groups (broad SMARTS) is 1. The smallest absolute Gasteiger partial charge is 0.335 e. The Hall–Kier alpha value is -2.69. The normalized spacial score (nSPS) is 29.6. The van der Waals surface area contributed by atoms with Crippen molar-refractivity contribution in [2.75, 3.05) is 18.9 Å². The molecule has 9 nitrogen and oxygen atoms in total. The first kappa shape index (κ1) is 24.4. The number of anilines is 1. The van der Waals surface area contributed by atoms with Crippen LogP contribution in [0.1, 0.15) is 37.6 Å². The lowest BCUT2D eigenvalue weighted by atomic mass is 9.79.